The molecule has 1 amide bonds. The normalized spacial score (nSPS) is 11.9. The second-order valence-electron chi connectivity index (χ2n) is 7.64. The number of hydrogen-bond donors (Lipinski definition) is 1. The molecule has 0 aliphatic heterocycles. The lowest BCUT2D eigenvalue weighted by atomic mass is 10.2. The zero-order chi connectivity index (χ0) is 26.4. The van der Waals surface area contributed by atoms with Gasteiger partial charge in [0.1, 0.15) is 16.5 Å². The molecule has 0 aliphatic carbocycles. The molecule has 0 unspecified atom stereocenters. The third kappa shape index (κ3) is 5.63. The molecular weight excluding hydrogens is 492 g/mol. The van der Waals surface area contributed by atoms with E-state index in [1.807, 2.05) is 13.0 Å². The van der Waals surface area contributed by atoms with Crippen molar-refractivity contribution in [3.63, 3.8) is 0 Å². The molecule has 0 radical (unpaired) electrons. The highest BCUT2D eigenvalue weighted by Crippen LogP contribution is 2.16. The van der Waals surface area contributed by atoms with Gasteiger partial charge in [-0.15, -0.1) is 11.3 Å². The summed E-state index contributed by atoms with van der Waals surface area (Å²) in [4.78, 5) is 37.0. The smallest absolute Gasteiger partial charge is 0.273 e. The van der Waals surface area contributed by atoms with Crippen LogP contribution in [0.25, 0.3) is 17.3 Å². The van der Waals surface area contributed by atoms with Gasteiger partial charge in [0.25, 0.3) is 17.2 Å². The van der Waals surface area contributed by atoms with Crippen molar-refractivity contribution in [1.82, 2.24) is 4.57 Å². The second kappa shape index (κ2) is 11.2. The number of nitrogens with zero attached hydrogens (tertiary/aromatic N) is 3. The van der Waals surface area contributed by atoms with Crippen molar-refractivity contribution in [3.8, 4) is 17.5 Å². The van der Waals surface area contributed by atoms with Crippen molar-refractivity contribution in [2.75, 3.05) is 11.9 Å². The van der Waals surface area contributed by atoms with Crippen molar-refractivity contribution in [3.05, 3.63) is 114 Å². The molecular formula is C27H20N4O5S. The fourth-order valence-electron chi connectivity index (χ4n) is 3.50. The van der Waals surface area contributed by atoms with Crippen LogP contribution in [-0.2, 0) is 4.79 Å². The summed E-state index contributed by atoms with van der Waals surface area (Å²) >= 11 is 0.988. The number of carbonyl (C=O) groups excluding carboxylic acids is 1. The van der Waals surface area contributed by atoms with E-state index in [4.69, 9.17) is 4.74 Å². The third-order valence-corrected chi connectivity index (χ3v) is 6.31. The van der Waals surface area contributed by atoms with E-state index in [0.717, 1.165) is 11.3 Å². The van der Waals surface area contributed by atoms with Crippen molar-refractivity contribution < 1.29 is 14.5 Å². The Labute approximate surface area is 215 Å². The molecule has 4 rings (SSSR count). The zero-order valence-electron chi connectivity index (χ0n) is 19.6. The highest BCUT2D eigenvalue weighted by atomic mass is 32.1. The van der Waals surface area contributed by atoms with Crippen molar-refractivity contribution in [2.24, 2.45) is 0 Å². The zero-order valence-corrected chi connectivity index (χ0v) is 20.4. The topological polar surface area (TPSA) is 127 Å². The van der Waals surface area contributed by atoms with Crippen LogP contribution in [-0.4, -0.2) is 22.0 Å². The van der Waals surface area contributed by atoms with Gasteiger partial charge in [-0.25, -0.2) is 0 Å². The first-order valence-corrected chi connectivity index (χ1v) is 11.9. The molecule has 0 spiro atoms. The quantitative estimate of drug-likeness (QED) is 0.299. The van der Waals surface area contributed by atoms with E-state index < -0.39 is 16.4 Å². The molecule has 0 bridgehead atoms. The second-order valence-corrected chi connectivity index (χ2v) is 8.67. The molecule has 0 atom stereocenters. The van der Waals surface area contributed by atoms with Crippen LogP contribution in [0.4, 0.5) is 11.4 Å². The molecule has 0 saturated heterocycles. The molecule has 10 heteroatoms. The Morgan fingerprint density at radius 1 is 1.11 bits per heavy atom. The summed E-state index contributed by atoms with van der Waals surface area (Å²) in [6.07, 6.45) is 1.57. The molecule has 3 aromatic carbocycles. The Kier molecular flexibility index (Phi) is 7.56. The molecule has 0 fully saturated rings. The summed E-state index contributed by atoms with van der Waals surface area (Å²) < 4.78 is 7.15. The van der Waals surface area contributed by atoms with Crippen LogP contribution in [0.2, 0.25) is 0 Å². The predicted molar refractivity (Wildman–Crippen MR) is 141 cm³/mol. The average Bonchev–Trinajstić information content (AvgIpc) is 3.21. The number of anilines is 1. The Balaban J connectivity index is 1.85. The van der Waals surface area contributed by atoms with Crippen LogP contribution in [0.5, 0.6) is 5.75 Å². The Morgan fingerprint density at radius 3 is 2.38 bits per heavy atom. The number of para-hydroxylation sites is 1. The van der Waals surface area contributed by atoms with Crippen molar-refractivity contribution >= 4 is 40.3 Å². The highest BCUT2D eigenvalue weighted by Gasteiger charge is 2.17. The molecule has 9 nitrogen and oxygen atoms in total. The SMILES string of the molecule is CCOc1ccc(NC(=O)/C(C#N)=c2/s/c(=C/c3ccc([N+](=O)[O-])cc3)c(=O)n2-c2ccccc2)cc1. The van der Waals surface area contributed by atoms with Gasteiger partial charge < -0.3 is 10.1 Å². The van der Waals surface area contributed by atoms with E-state index in [-0.39, 0.29) is 20.5 Å². The van der Waals surface area contributed by atoms with Gasteiger partial charge in [-0.05, 0) is 67.1 Å². The van der Waals surface area contributed by atoms with Crippen molar-refractivity contribution in [1.29, 1.82) is 5.26 Å². The first-order valence-electron chi connectivity index (χ1n) is 11.1. The van der Waals surface area contributed by atoms with E-state index >= 15 is 0 Å². The van der Waals surface area contributed by atoms with Crippen LogP contribution < -0.4 is 24.8 Å². The van der Waals surface area contributed by atoms with Gasteiger partial charge in [-0.3, -0.25) is 24.3 Å². The van der Waals surface area contributed by atoms with Crippen LogP contribution in [0.1, 0.15) is 12.5 Å². The average molecular weight is 513 g/mol. The molecule has 184 valence electrons. The van der Waals surface area contributed by atoms with Gasteiger partial charge >= 0.3 is 0 Å². The first-order chi connectivity index (χ1) is 17.9. The van der Waals surface area contributed by atoms with Crippen LogP contribution in [0, 0.1) is 21.4 Å². The number of ether oxygens (including phenoxy) is 1. The molecule has 1 heterocycles. The number of nitro groups is 1. The standard InChI is InChI=1S/C27H20N4O5S/c1-2-36-22-14-10-19(11-15-22)29-25(32)23(17-28)27-30(20-6-4-3-5-7-20)26(33)24(37-27)16-18-8-12-21(13-9-18)31(34)35/h3-16H,2H2,1H3,(H,29,32)/b24-16+,27-23+. The summed E-state index contributed by atoms with van der Waals surface area (Å²) in [5, 5.41) is 23.6. The summed E-state index contributed by atoms with van der Waals surface area (Å²) in [5.74, 6) is -0.0212. The van der Waals surface area contributed by atoms with E-state index in [2.05, 4.69) is 5.32 Å². The molecule has 37 heavy (non-hydrogen) atoms. The van der Waals surface area contributed by atoms with Gasteiger partial charge in [0.05, 0.1) is 21.7 Å². The van der Waals surface area contributed by atoms with E-state index in [0.29, 0.717) is 29.3 Å². The number of aromatic nitrogens is 1. The van der Waals surface area contributed by atoms with Crippen LogP contribution >= 0.6 is 11.3 Å². The fourth-order valence-corrected chi connectivity index (χ4v) is 4.60. The number of non-ortho nitro benzene ring substituents is 1. The Hall–Kier alpha value is -5.01. The minimum absolute atomic E-state index is 0.0724. The van der Waals surface area contributed by atoms with E-state index in [1.165, 1.54) is 28.8 Å². The van der Waals surface area contributed by atoms with Gasteiger partial charge in [0.2, 0.25) is 0 Å². The Bertz CT molecular complexity index is 1670. The highest BCUT2D eigenvalue weighted by molar-refractivity contribution is 7.07. The van der Waals surface area contributed by atoms with Gasteiger partial charge in [-0.2, -0.15) is 5.26 Å². The number of thiazole rings is 1. The minimum Gasteiger partial charge on any atom is -0.494 e. The van der Waals surface area contributed by atoms with Crippen molar-refractivity contribution in [2.45, 2.75) is 6.92 Å². The number of nitrogens with one attached hydrogen (secondary N) is 1. The molecule has 1 aromatic heterocycles. The predicted octanol–water partition coefficient (Wildman–Crippen LogP) is 3.35. The van der Waals surface area contributed by atoms with Gasteiger partial charge in [0.15, 0.2) is 5.57 Å². The maximum absolute atomic E-state index is 13.4. The summed E-state index contributed by atoms with van der Waals surface area (Å²) in [6, 6.07) is 23.1. The lowest BCUT2D eigenvalue weighted by molar-refractivity contribution is -0.384. The van der Waals surface area contributed by atoms with E-state index in [1.54, 1.807) is 60.7 Å². The van der Waals surface area contributed by atoms with Gasteiger partial charge in [0, 0.05) is 17.8 Å². The maximum atomic E-state index is 13.4. The number of hydrogen-bond acceptors (Lipinski definition) is 7. The Morgan fingerprint density at radius 2 is 1.78 bits per heavy atom. The maximum Gasteiger partial charge on any atom is 0.273 e. The number of amides is 1. The monoisotopic (exact) mass is 512 g/mol. The summed E-state index contributed by atoms with van der Waals surface area (Å²) in [6.45, 7) is 2.37. The van der Waals surface area contributed by atoms with Crippen LogP contribution in [0.3, 0.4) is 0 Å². The number of nitro benzene ring substituents is 1. The first kappa shape index (κ1) is 25.1. The van der Waals surface area contributed by atoms with Gasteiger partial charge in [-0.1, -0.05) is 18.2 Å². The number of rotatable bonds is 7. The number of nitriles is 1. The number of benzene rings is 3. The lowest BCUT2D eigenvalue weighted by Gasteiger charge is -2.07. The molecule has 0 saturated carbocycles. The third-order valence-electron chi connectivity index (χ3n) is 5.22. The largest absolute Gasteiger partial charge is 0.494 e. The minimum atomic E-state index is -0.667. The molecule has 1 N–H and O–H groups in total. The lowest BCUT2D eigenvalue weighted by Crippen LogP contribution is -2.32. The van der Waals surface area contributed by atoms with E-state index in [9.17, 15) is 25.0 Å². The molecule has 4 aromatic rings. The fraction of sp³-hybridized carbons (Fsp3) is 0.0741. The number of carbonyl (C=O) groups is 1. The summed E-state index contributed by atoms with van der Waals surface area (Å²) in [5.41, 5.74) is 0.784. The molecule has 0 aliphatic rings. The summed E-state index contributed by atoms with van der Waals surface area (Å²) in [7, 11) is 0. The van der Waals surface area contributed by atoms with Crippen LogP contribution in [0.15, 0.2) is 83.7 Å².